The number of hydrogen-bond donors (Lipinski definition) is 0. The second-order valence-electron chi connectivity index (χ2n) is 11.5. The molecular weight excluding hydrogens is 600 g/mol. The number of para-hydroxylation sites is 1. The van der Waals surface area contributed by atoms with Crippen molar-refractivity contribution < 1.29 is 31.0 Å². The normalized spacial score (nSPS) is 16.2. The summed E-state index contributed by atoms with van der Waals surface area (Å²) in [5, 5.41) is 1.27. The molecule has 232 valence electrons. The first-order chi connectivity index (χ1) is 20.7. The number of piperidine rings is 1. The third kappa shape index (κ3) is 8.62. The molecule has 0 amide bonds. The Kier molecular flexibility index (Phi) is 12.9. The molecule has 0 spiro atoms. The number of methoxy groups -OCH3 is 1. The van der Waals surface area contributed by atoms with Crippen LogP contribution < -0.4 is 35.9 Å². The monoisotopic (exact) mass is 648 g/mol. The largest absolute Gasteiger partial charge is 1.00 e. The molecule has 0 bridgehead atoms. The highest BCUT2D eigenvalue weighted by molar-refractivity contribution is 5.85. The average molecular weight is 650 g/mol. The number of aryl methyl sites for hydroxylation is 1. The highest BCUT2D eigenvalue weighted by atomic mass is 79.9. The Morgan fingerprint density at radius 2 is 1.81 bits per heavy atom. The first kappa shape index (κ1) is 33.0. The van der Waals surface area contributed by atoms with E-state index >= 15 is 0 Å². The van der Waals surface area contributed by atoms with Crippen molar-refractivity contribution in [2.24, 2.45) is 0 Å². The van der Waals surface area contributed by atoms with E-state index in [-0.39, 0.29) is 17.0 Å². The maximum absolute atomic E-state index is 6.37. The summed E-state index contributed by atoms with van der Waals surface area (Å²) in [5.41, 5.74) is 3.61. The van der Waals surface area contributed by atoms with Gasteiger partial charge in [-0.05, 0) is 88.2 Å². The first-order valence-electron chi connectivity index (χ1n) is 16.1. The fraction of sp³-hybridized carbons (Fsp3) is 0.472. The fourth-order valence-electron chi connectivity index (χ4n) is 6.29. The average Bonchev–Trinajstić information content (AvgIpc) is 3.38. The molecule has 1 saturated heterocycles. The number of halogens is 1. The van der Waals surface area contributed by atoms with Crippen molar-refractivity contribution in [2.45, 2.75) is 58.9 Å². The quantitative estimate of drug-likeness (QED) is 0.248. The van der Waals surface area contributed by atoms with Crippen LogP contribution in [-0.4, -0.2) is 62.7 Å². The summed E-state index contributed by atoms with van der Waals surface area (Å²) in [5.74, 6) is 2.55. The number of anilines is 1. The van der Waals surface area contributed by atoms with Crippen molar-refractivity contribution >= 4 is 22.7 Å². The van der Waals surface area contributed by atoms with Crippen molar-refractivity contribution in [2.75, 3.05) is 57.8 Å². The van der Waals surface area contributed by atoms with Crippen LogP contribution in [0.2, 0.25) is 0 Å². The van der Waals surface area contributed by atoms with Gasteiger partial charge in [0.1, 0.15) is 12.3 Å². The molecule has 0 atom stereocenters. The number of hydrogen-bond acceptors (Lipinski definition) is 5. The van der Waals surface area contributed by atoms with E-state index in [0.29, 0.717) is 0 Å². The minimum absolute atomic E-state index is 0. The number of benzene rings is 2. The molecule has 0 unspecified atom stereocenters. The minimum Gasteiger partial charge on any atom is -1.00 e. The summed E-state index contributed by atoms with van der Waals surface area (Å²) in [6, 6.07) is 17.1. The van der Waals surface area contributed by atoms with Gasteiger partial charge in [0.25, 0.3) is 0 Å². The van der Waals surface area contributed by atoms with E-state index < -0.39 is 0 Å². The van der Waals surface area contributed by atoms with Crippen LogP contribution in [0.25, 0.3) is 17.0 Å². The van der Waals surface area contributed by atoms with Crippen LogP contribution in [0.1, 0.15) is 57.9 Å². The Labute approximate surface area is 269 Å². The highest BCUT2D eigenvalue weighted by Gasteiger charge is 2.26. The number of nitrogens with zero attached hydrogens (tertiary/aromatic N) is 4. The topological polar surface area (TPSA) is 32.1 Å². The summed E-state index contributed by atoms with van der Waals surface area (Å²) in [7, 11) is 1.70. The summed E-state index contributed by atoms with van der Waals surface area (Å²) >= 11 is 0. The lowest BCUT2D eigenvalue weighted by atomic mass is 10.1. The van der Waals surface area contributed by atoms with E-state index in [1.807, 2.05) is 12.1 Å². The van der Waals surface area contributed by atoms with Gasteiger partial charge in [0, 0.05) is 37.7 Å². The lowest BCUT2D eigenvalue weighted by Gasteiger charge is -2.27. The fourth-order valence-corrected chi connectivity index (χ4v) is 6.29. The summed E-state index contributed by atoms with van der Waals surface area (Å²) in [4.78, 5) is 7.47. The maximum atomic E-state index is 6.37. The molecule has 2 aliphatic heterocycles. The van der Waals surface area contributed by atoms with Crippen LogP contribution in [-0.2, 0) is 6.54 Å². The van der Waals surface area contributed by atoms with Crippen molar-refractivity contribution in [1.29, 1.82) is 0 Å². The molecule has 6 nitrogen and oxygen atoms in total. The highest BCUT2D eigenvalue weighted by Crippen LogP contribution is 2.41. The minimum atomic E-state index is 0. The van der Waals surface area contributed by atoms with Gasteiger partial charge in [-0.1, -0.05) is 44.6 Å². The molecule has 0 saturated carbocycles. The summed E-state index contributed by atoms with van der Waals surface area (Å²) in [6.45, 7) is 13.5. The molecular formula is C36H49BrN4O2. The van der Waals surface area contributed by atoms with Crippen LogP contribution in [0.15, 0.2) is 72.8 Å². The zero-order valence-electron chi connectivity index (χ0n) is 26.3. The van der Waals surface area contributed by atoms with Gasteiger partial charge in [-0.25, -0.2) is 0 Å². The molecule has 0 radical (unpaired) electrons. The molecule has 3 heterocycles. The predicted molar refractivity (Wildman–Crippen MR) is 174 cm³/mol. The standard InChI is InChI=1S/C36H49N4O2.BrH/c1-4-21-37(5-2)24-12-26-39-28-20-30(32-15-7-8-16-33(32)39)14-11-17-36-40(27-13-25-38-22-9-6-10-23-38)34-19-18-31(41-3)29-35(34)42-36;/h7-8,11,14-20,28-29H,4-6,9-10,12-13,21-27H2,1-3H3;1H/q+1;/p-1. The smallest absolute Gasteiger partial charge is 0.213 e. The van der Waals surface area contributed by atoms with Gasteiger partial charge in [0.2, 0.25) is 11.4 Å². The molecule has 7 heteroatoms. The Hall–Kier alpha value is -2.87. The van der Waals surface area contributed by atoms with E-state index in [4.69, 9.17) is 9.47 Å². The molecule has 43 heavy (non-hydrogen) atoms. The number of ether oxygens (including phenoxy) is 2. The zero-order chi connectivity index (χ0) is 29.1. The molecule has 0 N–H and O–H groups in total. The molecule has 0 aliphatic carbocycles. The van der Waals surface area contributed by atoms with Gasteiger partial charge < -0.3 is 41.2 Å². The number of allylic oxidation sites excluding steroid dienone is 2. The molecule has 1 aromatic heterocycles. The van der Waals surface area contributed by atoms with Gasteiger partial charge >= 0.3 is 0 Å². The van der Waals surface area contributed by atoms with Crippen LogP contribution in [0.3, 0.4) is 0 Å². The summed E-state index contributed by atoms with van der Waals surface area (Å²) < 4.78 is 14.2. The number of pyridine rings is 1. The van der Waals surface area contributed by atoms with Gasteiger partial charge in [-0.2, -0.15) is 4.57 Å². The van der Waals surface area contributed by atoms with Gasteiger partial charge in [0.05, 0.1) is 18.2 Å². The Bertz CT molecular complexity index is 1370. The van der Waals surface area contributed by atoms with E-state index in [9.17, 15) is 0 Å². The Morgan fingerprint density at radius 1 is 0.977 bits per heavy atom. The van der Waals surface area contributed by atoms with Crippen molar-refractivity contribution in [1.82, 2.24) is 9.80 Å². The first-order valence-corrected chi connectivity index (χ1v) is 16.1. The van der Waals surface area contributed by atoms with E-state index in [1.54, 1.807) is 7.11 Å². The van der Waals surface area contributed by atoms with Crippen LogP contribution in [0.5, 0.6) is 11.5 Å². The number of likely N-dealkylation sites (tertiary alicyclic amines) is 1. The lowest BCUT2D eigenvalue weighted by molar-refractivity contribution is -0.671. The molecule has 2 aliphatic rings. The molecule has 5 rings (SSSR count). The third-order valence-corrected chi connectivity index (χ3v) is 8.58. The lowest BCUT2D eigenvalue weighted by Crippen LogP contribution is -3.00. The number of rotatable bonds is 14. The van der Waals surface area contributed by atoms with Gasteiger partial charge in [-0.3, -0.25) is 0 Å². The predicted octanol–water partition coefficient (Wildman–Crippen LogP) is 3.89. The van der Waals surface area contributed by atoms with E-state index in [0.717, 1.165) is 68.6 Å². The Balaban J connectivity index is 0.00000423. The molecule has 1 fully saturated rings. The van der Waals surface area contributed by atoms with E-state index in [1.165, 1.54) is 61.8 Å². The second-order valence-corrected chi connectivity index (χ2v) is 11.5. The second kappa shape index (κ2) is 16.8. The van der Waals surface area contributed by atoms with Crippen LogP contribution in [0.4, 0.5) is 5.69 Å². The van der Waals surface area contributed by atoms with Crippen molar-refractivity contribution in [3.8, 4) is 11.5 Å². The number of fused-ring (bicyclic) bond motifs is 2. The number of aromatic nitrogens is 1. The van der Waals surface area contributed by atoms with Gasteiger partial charge in [0.15, 0.2) is 11.9 Å². The van der Waals surface area contributed by atoms with Crippen molar-refractivity contribution in [3.63, 3.8) is 0 Å². The van der Waals surface area contributed by atoms with E-state index in [2.05, 4.69) is 93.9 Å². The molecule has 2 aromatic carbocycles. The SMILES string of the molecule is CCCN(CC)CCC[n+]1ccc(/C=C/C=C2\Oc3cc(OC)ccc3N2CCCN2CCCCC2)c2ccccc21.[Br-]. The molecule has 3 aromatic rings. The maximum Gasteiger partial charge on any atom is 0.213 e. The van der Waals surface area contributed by atoms with Crippen molar-refractivity contribution in [3.05, 3.63) is 78.3 Å². The zero-order valence-corrected chi connectivity index (χ0v) is 27.9. The third-order valence-electron chi connectivity index (χ3n) is 8.58. The van der Waals surface area contributed by atoms with Crippen LogP contribution >= 0.6 is 0 Å². The Morgan fingerprint density at radius 3 is 2.60 bits per heavy atom. The van der Waals surface area contributed by atoms with Gasteiger partial charge in [-0.15, -0.1) is 0 Å². The summed E-state index contributed by atoms with van der Waals surface area (Å²) in [6.07, 6.45) is 16.2. The van der Waals surface area contributed by atoms with Crippen LogP contribution in [0, 0.1) is 0 Å².